The Hall–Kier alpha value is -1.88. The maximum atomic E-state index is 11.0. The van der Waals surface area contributed by atoms with Crippen LogP contribution in [-0.2, 0) is 6.54 Å². The van der Waals surface area contributed by atoms with Gasteiger partial charge in [-0.15, -0.1) is 0 Å². The number of aromatic carboxylic acids is 1. The summed E-state index contributed by atoms with van der Waals surface area (Å²) >= 11 is 0. The van der Waals surface area contributed by atoms with Crippen LogP contribution in [0.3, 0.4) is 0 Å². The van der Waals surface area contributed by atoms with Crippen LogP contribution in [-0.4, -0.2) is 45.7 Å². The highest BCUT2D eigenvalue weighted by molar-refractivity contribution is 5.92. The topological polar surface area (TPSA) is 58.4 Å². The lowest BCUT2D eigenvalue weighted by molar-refractivity contribution is 0.0697. The Morgan fingerprint density at radius 2 is 2.22 bits per heavy atom. The number of aromatic nitrogens is 2. The van der Waals surface area contributed by atoms with Gasteiger partial charge >= 0.3 is 5.97 Å². The fourth-order valence-corrected chi connectivity index (χ4v) is 1.78. The van der Waals surface area contributed by atoms with Crippen LogP contribution in [0.4, 0.5) is 0 Å². The van der Waals surface area contributed by atoms with E-state index >= 15 is 0 Å². The van der Waals surface area contributed by atoms with Gasteiger partial charge in [0.25, 0.3) is 0 Å². The first-order valence-electron chi connectivity index (χ1n) is 5.83. The highest BCUT2D eigenvalue weighted by Crippen LogP contribution is 2.16. The number of likely N-dealkylation sites (N-methyl/N-ethyl adjacent to an activating group) is 1. The molecule has 0 radical (unpaired) electrons. The molecule has 96 valence electrons. The molecule has 1 heterocycles. The van der Waals surface area contributed by atoms with Crippen LogP contribution in [0.1, 0.15) is 17.3 Å². The second-order valence-electron chi connectivity index (χ2n) is 4.72. The number of nitrogens with zero attached hydrogens (tertiary/aromatic N) is 3. The van der Waals surface area contributed by atoms with Crippen molar-refractivity contribution < 1.29 is 9.90 Å². The van der Waals surface area contributed by atoms with Gasteiger partial charge in [0, 0.05) is 12.6 Å². The molecular weight excluding hydrogens is 230 g/mol. The van der Waals surface area contributed by atoms with Crippen LogP contribution in [0.15, 0.2) is 24.5 Å². The molecule has 2 aromatic rings. The van der Waals surface area contributed by atoms with Crippen molar-refractivity contribution in [2.45, 2.75) is 19.5 Å². The highest BCUT2D eigenvalue weighted by Gasteiger charge is 2.11. The molecule has 1 atom stereocenters. The molecule has 0 saturated carbocycles. The molecule has 5 heteroatoms. The molecule has 0 aliphatic carbocycles. The van der Waals surface area contributed by atoms with Gasteiger partial charge in [-0.1, -0.05) is 0 Å². The zero-order valence-corrected chi connectivity index (χ0v) is 10.8. The number of hydrogen-bond acceptors (Lipinski definition) is 3. The quantitative estimate of drug-likeness (QED) is 0.893. The van der Waals surface area contributed by atoms with Gasteiger partial charge in [0.15, 0.2) is 0 Å². The average Bonchev–Trinajstić information content (AvgIpc) is 2.71. The Balaban J connectivity index is 2.39. The first-order valence-corrected chi connectivity index (χ1v) is 5.83. The zero-order chi connectivity index (χ0) is 13.3. The highest BCUT2D eigenvalue weighted by atomic mass is 16.4. The fraction of sp³-hybridized carbons (Fsp3) is 0.385. The van der Waals surface area contributed by atoms with Crippen molar-refractivity contribution >= 4 is 17.0 Å². The molecule has 0 amide bonds. The van der Waals surface area contributed by atoms with E-state index in [1.54, 1.807) is 24.5 Å². The number of benzene rings is 1. The van der Waals surface area contributed by atoms with Crippen molar-refractivity contribution in [3.8, 4) is 0 Å². The van der Waals surface area contributed by atoms with Gasteiger partial charge < -0.3 is 14.6 Å². The van der Waals surface area contributed by atoms with Crippen LogP contribution >= 0.6 is 0 Å². The molecule has 0 aliphatic rings. The number of fused-ring (bicyclic) bond motifs is 1. The maximum Gasteiger partial charge on any atom is 0.335 e. The van der Waals surface area contributed by atoms with E-state index in [0.717, 1.165) is 17.6 Å². The summed E-state index contributed by atoms with van der Waals surface area (Å²) in [4.78, 5) is 17.4. The minimum Gasteiger partial charge on any atom is -0.478 e. The van der Waals surface area contributed by atoms with Gasteiger partial charge in [0.1, 0.15) is 0 Å². The van der Waals surface area contributed by atoms with Gasteiger partial charge in [-0.25, -0.2) is 9.78 Å². The van der Waals surface area contributed by atoms with E-state index in [9.17, 15) is 4.79 Å². The van der Waals surface area contributed by atoms with Crippen LogP contribution in [0, 0.1) is 0 Å². The van der Waals surface area contributed by atoms with Crippen molar-refractivity contribution in [3.63, 3.8) is 0 Å². The minimum absolute atomic E-state index is 0.293. The molecule has 1 aromatic carbocycles. The number of imidazole rings is 1. The third-order valence-corrected chi connectivity index (χ3v) is 3.21. The summed E-state index contributed by atoms with van der Waals surface area (Å²) in [7, 11) is 4.04. The lowest BCUT2D eigenvalue weighted by atomic mass is 10.2. The van der Waals surface area contributed by atoms with Crippen LogP contribution in [0.5, 0.6) is 0 Å². The van der Waals surface area contributed by atoms with Gasteiger partial charge in [0.2, 0.25) is 0 Å². The SMILES string of the molecule is CC(Cn1cnc2ccc(C(=O)O)cc21)N(C)C. The molecule has 0 spiro atoms. The second kappa shape index (κ2) is 4.78. The Kier molecular flexibility index (Phi) is 3.34. The molecule has 0 aliphatic heterocycles. The van der Waals surface area contributed by atoms with Crippen molar-refractivity contribution in [1.29, 1.82) is 0 Å². The summed E-state index contributed by atoms with van der Waals surface area (Å²) in [6, 6.07) is 5.36. The van der Waals surface area contributed by atoms with Gasteiger partial charge in [0.05, 0.1) is 22.9 Å². The summed E-state index contributed by atoms with van der Waals surface area (Å²) in [6.07, 6.45) is 1.76. The van der Waals surface area contributed by atoms with E-state index in [-0.39, 0.29) is 0 Å². The van der Waals surface area contributed by atoms with E-state index in [2.05, 4.69) is 16.8 Å². The standard InChI is InChI=1S/C13H17N3O2/c1-9(15(2)3)7-16-8-14-11-5-4-10(13(17)18)6-12(11)16/h4-6,8-9H,7H2,1-3H3,(H,17,18). The third kappa shape index (κ3) is 2.36. The zero-order valence-electron chi connectivity index (χ0n) is 10.8. The first-order chi connectivity index (χ1) is 8.49. The lowest BCUT2D eigenvalue weighted by Crippen LogP contribution is -2.28. The van der Waals surface area contributed by atoms with Gasteiger partial charge in [-0.3, -0.25) is 0 Å². The van der Waals surface area contributed by atoms with Crippen molar-refractivity contribution in [1.82, 2.24) is 14.5 Å². The third-order valence-electron chi connectivity index (χ3n) is 3.21. The van der Waals surface area contributed by atoms with Crippen molar-refractivity contribution in [3.05, 3.63) is 30.1 Å². The van der Waals surface area contributed by atoms with Crippen LogP contribution < -0.4 is 0 Å². The largest absolute Gasteiger partial charge is 0.478 e. The summed E-state index contributed by atoms with van der Waals surface area (Å²) in [5, 5.41) is 9.00. The maximum absolute atomic E-state index is 11.0. The van der Waals surface area contributed by atoms with Gasteiger partial charge in [-0.05, 0) is 39.2 Å². The number of carbonyl (C=O) groups is 1. The molecule has 0 fully saturated rings. The molecular formula is C13H17N3O2. The van der Waals surface area contributed by atoms with Crippen molar-refractivity contribution in [2.75, 3.05) is 14.1 Å². The minimum atomic E-state index is -0.912. The normalized spacial score (nSPS) is 13.1. The Labute approximate surface area is 106 Å². The molecule has 5 nitrogen and oxygen atoms in total. The Morgan fingerprint density at radius 3 is 2.83 bits per heavy atom. The Bertz CT molecular complexity index is 575. The second-order valence-corrected chi connectivity index (χ2v) is 4.72. The van der Waals surface area contributed by atoms with E-state index < -0.39 is 5.97 Å². The summed E-state index contributed by atoms with van der Waals surface area (Å²) < 4.78 is 1.99. The fourth-order valence-electron chi connectivity index (χ4n) is 1.78. The molecule has 0 saturated heterocycles. The number of hydrogen-bond donors (Lipinski definition) is 1. The molecule has 2 rings (SSSR count). The first kappa shape index (κ1) is 12.6. The molecule has 1 unspecified atom stereocenters. The van der Waals surface area contributed by atoms with E-state index in [1.165, 1.54) is 0 Å². The van der Waals surface area contributed by atoms with Crippen LogP contribution in [0.2, 0.25) is 0 Å². The average molecular weight is 247 g/mol. The smallest absolute Gasteiger partial charge is 0.335 e. The summed E-state index contributed by atoms with van der Waals surface area (Å²) in [5.41, 5.74) is 1.98. The number of carboxylic acids is 1. The molecule has 18 heavy (non-hydrogen) atoms. The van der Waals surface area contributed by atoms with E-state index in [4.69, 9.17) is 5.11 Å². The van der Waals surface area contributed by atoms with Crippen LogP contribution in [0.25, 0.3) is 11.0 Å². The molecule has 1 N–H and O–H groups in total. The van der Waals surface area contributed by atoms with Gasteiger partial charge in [-0.2, -0.15) is 0 Å². The van der Waals surface area contributed by atoms with Crippen molar-refractivity contribution in [2.24, 2.45) is 0 Å². The summed E-state index contributed by atoms with van der Waals surface area (Å²) in [5.74, 6) is -0.912. The summed E-state index contributed by atoms with van der Waals surface area (Å²) in [6.45, 7) is 2.90. The molecule has 1 aromatic heterocycles. The number of carboxylic acid groups (broad SMARTS) is 1. The molecule has 0 bridgehead atoms. The predicted octanol–water partition coefficient (Wildman–Crippen LogP) is 1.68. The lowest BCUT2D eigenvalue weighted by Gasteiger charge is -2.20. The monoisotopic (exact) mass is 247 g/mol. The Morgan fingerprint density at radius 1 is 1.50 bits per heavy atom. The van der Waals surface area contributed by atoms with E-state index in [1.807, 2.05) is 18.7 Å². The van der Waals surface area contributed by atoms with E-state index in [0.29, 0.717) is 11.6 Å². The number of rotatable bonds is 4. The predicted molar refractivity (Wildman–Crippen MR) is 69.8 cm³/mol.